The molecule has 66 valence electrons. The molecule has 0 nitrogen and oxygen atoms in total. The fourth-order valence-corrected chi connectivity index (χ4v) is 2.75. The molecule has 0 aromatic carbocycles. The Morgan fingerprint density at radius 1 is 0.750 bits per heavy atom. The van der Waals surface area contributed by atoms with E-state index in [1.165, 1.54) is 0 Å². The minimum absolute atomic E-state index is 0.471. The number of fused-ring (bicyclic) bond motifs is 1. The van der Waals surface area contributed by atoms with E-state index in [1.54, 1.807) is 0 Å². The topological polar surface area (TPSA) is 0 Å². The molecular weight excluding hydrogens is 144 g/mol. The summed E-state index contributed by atoms with van der Waals surface area (Å²) in [4.78, 5) is 0. The lowest BCUT2D eigenvalue weighted by molar-refractivity contribution is -0.119. The summed E-state index contributed by atoms with van der Waals surface area (Å²) in [5.74, 6) is 1.55. The summed E-state index contributed by atoms with van der Waals surface area (Å²) in [6, 6.07) is 0. The molecule has 0 N–H and O–H groups in total. The Labute approximate surface area is 75.4 Å². The lowest BCUT2D eigenvalue weighted by Crippen LogP contribution is -2.58. The fourth-order valence-electron chi connectivity index (χ4n) is 2.75. The van der Waals surface area contributed by atoms with E-state index in [4.69, 9.17) is 0 Å². The van der Waals surface area contributed by atoms with Crippen LogP contribution in [0.1, 0.15) is 27.7 Å². The van der Waals surface area contributed by atoms with E-state index >= 15 is 0 Å². The fraction of sp³-hybridized carbons (Fsp3) is 0.667. The van der Waals surface area contributed by atoms with Crippen molar-refractivity contribution in [2.45, 2.75) is 27.7 Å². The summed E-state index contributed by atoms with van der Waals surface area (Å²) in [5, 5.41) is 0. The molecule has 0 saturated heterocycles. The Hall–Kier alpha value is -0.520. The lowest BCUT2D eigenvalue weighted by Gasteiger charge is -2.64. The third-order valence-corrected chi connectivity index (χ3v) is 4.46. The van der Waals surface area contributed by atoms with Gasteiger partial charge in [0.2, 0.25) is 0 Å². The highest BCUT2D eigenvalue weighted by Gasteiger charge is 2.59. The summed E-state index contributed by atoms with van der Waals surface area (Å²) >= 11 is 0. The van der Waals surface area contributed by atoms with Crippen LogP contribution in [0.5, 0.6) is 0 Å². The van der Waals surface area contributed by atoms with E-state index in [-0.39, 0.29) is 0 Å². The maximum Gasteiger partial charge on any atom is -0.0105 e. The molecule has 0 amide bonds. The average molecular weight is 162 g/mol. The molecule has 12 heavy (non-hydrogen) atoms. The van der Waals surface area contributed by atoms with Gasteiger partial charge < -0.3 is 0 Å². The summed E-state index contributed by atoms with van der Waals surface area (Å²) in [7, 11) is 0. The van der Waals surface area contributed by atoms with Crippen molar-refractivity contribution in [3.8, 4) is 0 Å². The van der Waals surface area contributed by atoms with Crippen LogP contribution in [0.4, 0.5) is 0 Å². The van der Waals surface area contributed by atoms with Crippen molar-refractivity contribution in [2.24, 2.45) is 22.7 Å². The van der Waals surface area contributed by atoms with Crippen molar-refractivity contribution in [1.29, 1.82) is 0 Å². The Kier molecular flexibility index (Phi) is 1.38. The van der Waals surface area contributed by atoms with Crippen LogP contribution in [-0.2, 0) is 0 Å². The summed E-state index contributed by atoms with van der Waals surface area (Å²) in [5.41, 5.74) is 0.942. The van der Waals surface area contributed by atoms with Crippen LogP contribution in [0.15, 0.2) is 24.3 Å². The highest BCUT2D eigenvalue weighted by Crippen LogP contribution is 2.65. The zero-order valence-corrected chi connectivity index (χ0v) is 8.46. The van der Waals surface area contributed by atoms with E-state index < -0.39 is 0 Å². The zero-order chi connectivity index (χ0) is 8.98. The minimum atomic E-state index is 0.471. The highest BCUT2D eigenvalue weighted by atomic mass is 14.6. The molecule has 0 aromatic heterocycles. The Balaban J connectivity index is 2.34. The van der Waals surface area contributed by atoms with Crippen molar-refractivity contribution in [3.05, 3.63) is 24.3 Å². The first-order chi connectivity index (χ1) is 5.48. The molecule has 2 unspecified atom stereocenters. The van der Waals surface area contributed by atoms with Gasteiger partial charge in [0.05, 0.1) is 0 Å². The van der Waals surface area contributed by atoms with E-state index in [0.717, 1.165) is 11.8 Å². The zero-order valence-electron chi connectivity index (χ0n) is 8.46. The Bertz CT molecular complexity index is 225. The molecule has 0 spiro atoms. The van der Waals surface area contributed by atoms with Gasteiger partial charge in [0.1, 0.15) is 0 Å². The van der Waals surface area contributed by atoms with Crippen LogP contribution < -0.4 is 0 Å². The Morgan fingerprint density at radius 2 is 1.08 bits per heavy atom. The van der Waals surface area contributed by atoms with Crippen LogP contribution in [-0.4, -0.2) is 0 Å². The third kappa shape index (κ3) is 0.688. The van der Waals surface area contributed by atoms with Gasteiger partial charge in [0.15, 0.2) is 0 Å². The Morgan fingerprint density at radius 3 is 1.42 bits per heavy atom. The second-order valence-electron chi connectivity index (χ2n) is 5.26. The van der Waals surface area contributed by atoms with Crippen LogP contribution >= 0.6 is 0 Å². The van der Waals surface area contributed by atoms with Gasteiger partial charge in [-0.1, -0.05) is 52.0 Å². The smallest absolute Gasteiger partial charge is 0.0105 e. The van der Waals surface area contributed by atoms with Gasteiger partial charge in [0.25, 0.3) is 0 Å². The van der Waals surface area contributed by atoms with E-state index in [2.05, 4.69) is 52.0 Å². The second-order valence-corrected chi connectivity index (χ2v) is 5.26. The molecule has 2 rings (SSSR count). The molecule has 0 heteroatoms. The molecule has 0 bridgehead atoms. The normalized spacial score (nSPS) is 40.3. The van der Waals surface area contributed by atoms with E-state index in [0.29, 0.717) is 10.8 Å². The maximum atomic E-state index is 2.39. The first kappa shape index (κ1) is 8.10. The molecule has 0 heterocycles. The van der Waals surface area contributed by atoms with Crippen molar-refractivity contribution < 1.29 is 0 Å². The third-order valence-electron chi connectivity index (χ3n) is 4.46. The molecule has 1 saturated carbocycles. The predicted octanol–water partition coefficient (Wildman–Crippen LogP) is 3.41. The van der Waals surface area contributed by atoms with Gasteiger partial charge in [-0.05, 0) is 22.7 Å². The number of rotatable bonds is 0. The quantitative estimate of drug-likeness (QED) is 0.512. The van der Waals surface area contributed by atoms with Gasteiger partial charge in [-0.2, -0.15) is 0 Å². The first-order valence-electron chi connectivity index (χ1n) is 4.83. The van der Waals surface area contributed by atoms with E-state index in [1.807, 2.05) is 0 Å². The SMILES string of the molecule is CC1(C)C2C=CC=CC2C1(C)C. The molecule has 2 atom stereocenters. The molecule has 0 aromatic rings. The van der Waals surface area contributed by atoms with Crippen molar-refractivity contribution in [1.82, 2.24) is 0 Å². The van der Waals surface area contributed by atoms with Crippen molar-refractivity contribution in [2.75, 3.05) is 0 Å². The predicted molar refractivity (Wildman–Crippen MR) is 52.8 cm³/mol. The van der Waals surface area contributed by atoms with Crippen LogP contribution in [0, 0.1) is 22.7 Å². The van der Waals surface area contributed by atoms with Crippen LogP contribution in [0.2, 0.25) is 0 Å². The summed E-state index contributed by atoms with van der Waals surface area (Å²) in [6.07, 6.45) is 9.13. The minimum Gasteiger partial charge on any atom is -0.0803 e. The molecule has 2 aliphatic rings. The largest absolute Gasteiger partial charge is 0.0803 e. The maximum absolute atomic E-state index is 2.39. The van der Waals surface area contributed by atoms with Gasteiger partial charge in [-0.15, -0.1) is 0 Å². The summed E-state index contributed by atoms with van der Waals surface area (Å²) in [6.45, 7) is 9.55. The van der Waals surface area contributed by atoms with Gasteiger partial charge in [-0.3, -0.25) is 0 Å². The summed E-state index contributed by atoms with van der Waals surface area (Å²) < 4.78 is 0. The average Bonchev–Trinajstić information content (AvgIpc) is 2.04. The lowest BCUT2D eigenvalue weighted by atomic mass is 9.40. The van der Waals surface area contributed by atoms with Gasteiger partial charge in [0, 0.05) is 0 Å². The van der Waals surface area contributed by atoms with Gasteiger partial charge in [-0.25, -0.2) is 0 Å². The standard InChI is InChI=1S/C12H18/c1-11(2)9-7-5-6-8-10(9)12(11,3)4/h5-10H,1-4H3. The van der Waals surface area contributed by atoms with Crippen LogP contribution in [0.3, 0.4) is 0 Å². The second kappa shape index (κ2) is 2.04. The van der Waals surface area contributed by atoms with Crippen molar-refractivity contribution >= 4 is 0 Å². The van der Waals surface area contributed by atoms with Crippen LogP contribution in [0.25, 0.3) is 0 Å². The van der Waals surface area contributed by atoms with Crippen molar-refractivity contribution in [3.63, 3.8) is 0 Å². The number of allylic oxidation sites excluding steroid dienone is 4. The molecule has 0 radical (unpaired) electrons. The number of hydrogen-bond donors (Lipinski definition) is 0. The monoisotopic (exact) mass is 162 g/mol. The number of hydrogen-bond acceptors (Lipinski definition) is 0. The first-order valence-corrected chi connectivity index (χ1v) is 4.83. The molecule has 0 aliphatic heterocycles. The highest BCUT2D eigenvalue weighted by molar-refractivity contribution is 5.27. The van der Waals surface area contributed by atoms with E-state index in [9.17, 15) is 0 Å². The molecular formula is C12H18. The molecule has 2 aliphatic carbocycles. The van der Waals surface area contributed by atoms with Gasteiger partial charge >= 0.3 is 0 Å². The molecule has 1 fully saturated rings.